The van der Waals surface area contributed by atoms with Crippen LogP contribution in [0.4, 0.5) is 5.69 Å². The Labute approximate surface area is 98.0 Å². The first-order valence-electron chi connectivity index (χ1n) is 5.47. The normalized spacial score (nSPS) is 10.4. The summed E-state index contributed by atoms with van der Waals surface area (Å²) in [7, 11) is 5.43. The van der Waals surface area contributed by atoms with Gasteiger partial charge in [0.05, 0.1) is 19.9 Å². The molecule has 90 valence electrons. The number of hydrogen-bond donors (Lipinski definition) is 0. The van der Waals surface area contributed by atoms with Crippen molar-refractivity contribution in [1.29, 1.82) is 0 Å². The van der Waals surface area contributed by atoms with Crippen molar-refractivity contribution >= 4 is 5.69 Å². The molecule has 0 saturated heterocycles. The quantitative estimate of drug-likeness (QED) is 0.783. The highest BCUT2D eigenvalue weighted by Crippen LogP contribution is 2.37. The van der Waals surface area contributed by atoms with Crippen molar-refractivity contribution in [2.24, 2.45) is 0 Å². The number of hydrogen-bond acceptors (Lipinski definition) is 3. The van der Waals surface area contributed by atoms with Gasteiger partial charge >= 0.3 is 0 Å². The predicted molar refractivity (Wildman–Crippen MR) is 67.8 cm³/mol. The number of nitrogens with zero attached hydrogens (tertiary/aromatic N) is 1. The van der Waals surface area contributed by atoms with Gasteiger partial charge in [0.2, 0.25) is 0 Å². The van der Waals surface area contributed by atoms with E-state index in [9.17, 15) is 0 Å². The number of anilines is 1. The molecule has 0 heterocycles. The molecule has 0 aliphatic rings. The Morgan fingerprint density at radius 1 is 1.12 bits per heavy atom. The molecular formula is C13H21NO2. The van der Waals surface area contributed by atoms with Crippen LogP contribution in [-0.2, 0) is 0 Å². The largest absolute Gasteiger partial charge is 0.496 e. The van der Waals surface area contributed by atoms with Crippen LogP contribution in [-0.4, -0.2) is 27.3 Å². The zero-order valence-corrected chi connectivity index (χ0v) is 11.0. The van der Waals surface area contributed by atoms with Gasteiger partial charge in [0.25, 0.3) is 0 Å². The zero-order chi connectivity index (χ0) is 12.3. The third kappa shape index (κ3) is 2.23. The highest BCUT2D eigenvalue weighted by atomic mass is 16.5. The Balaban J connectivity index is 3.25. The minimum absolute atomic E-state index is 0.432. The molecule has 0 aromatic heterocycles. The Kier molecular flexibility index (Phi) is 4.05. The van der Waals surface area contributed by atoms with E-state index in [1.807, 2.05) is 19.1 Å². The van der Waals surface area contributed by atoms with E-state index in [0.29, 0.717) is 6.04 Å². The summed E-state index contributed by atoms with van der Waals surface area (Å²) in [4.78, 5) is 2.19. The third-order valence-electron chi connectivity index (χ3n) is 2.91. The predicted octanol–water partition coefficient (Wildman–Crippen LogP) is 2.86. The molecule has 0 amide bonds. The monoisotopic (exact) mass is 223 g/mol. The molecule has 0 saturated carbocycles. The van der Waals surface area contributed by atoms with Gasteiger partial charge in [-0.2, -0.15) is 0 Å². The summed E-state index contributed by atoms with van der Waals surface area (Å²) in [6, 6.07) is 4.44. The maximum Gasteiger partial charge on any atom is 0.148 e. The molecule has 0 spiro atoms. The van der Waals surface area contributed by atoms with E-state index in [-0.39, 0.29) is 0 Å². The van der Waals surface area contributed by atoms with Crippen molar-refractivity contribution in [2.45, 2.75) is 26.8 Å². The van der Waals surface area contributed by atoms with Gasteiger partial charge in [-0.1, -0.05) is 0 Å². The fourth-order valence-electron chi connectivity index (χ4n) is 1.69. The van der Waals surface area contributed by atoms with E-state index >= 15 is 0 Å². The minimum atomic E-state index is 0.432. The van der Waals surface area contributed by atoms with Crippen LogP contribution in [0.15, 0.2) is 12.1 Å². The van der Waals surface area contributed by atoms with Crippen LogP contribution in [0.1, 0.15) is 19.4 Å². The lowest BCUT2D eigenvalue weighted by Gasteiger charge is -2.27. The van der Waals surface area contributed by atoms with Crippen LogP contribution in [0.25, 0.3) is 0 Å². The zero-order valence-electron chi connectivity index (χ0n) is 11.0. The van der Waals surface area contributed by atoms with Crippen LogP contribution < -0.4 is 14.4 Å². The molecule has 0 aliphatic heterocycles. The molecule has 0 aliphatic carbocycles. The van der Waals surface area contributed by atoms with E-state index in [1.165, 1.54) is 0 Å². The lowest BCUT2D eigenvalue weighted by Crippen LogP contribution is -2.26. The molecule has 1 rings (SSSR count). The number of benzene rings is 1. The van der Waals surface area contributed by atoms with Gasteiger partial charge in [0.15, 0.2) is 0 Å². The highest BCUT2D eigenvalue weighted by Gasteiger charge is 2.15. The highest BCUT2D eigenvalue weighted by molar-refractivity contribution is 5.65. The Hall–Kier alpha value is -1.38. The Morgan fingerprint density at radius 3 is 2.19 bits per heavy atom. The third-order valence-corrected chi connectivity index (χ3v) is 2.91. The number of rotatable bonds is 4. The van der Waals surface area contributed by atoms with Gasteiger partial charge in [-0.15, -0.1) is 0 Å². The second-order valence-electron chi connectivity index (χ2n) is 4.15. The van der Waals surface area contributed by atoms with E-state index in [2.05, 4.69) is 25.8 Å². The molecule has 0 atom stereocenters. The van der Waals surface area contributed by atoms with E-state index < -0.39 is 0 Å². The van der Waals surface area contributed by atoms with Crippen molar-refractivity contribution in [3.05, 3.63) is 17.7 Å². The molecule has 0 radical (unpaired) electrons. The first-order chi connectivity index (χ1) is 7.52. The number of ether oxygens (including phenoxy) is 2. The van der Waals surface area contributed by atoms with Crippen molar-refractivity contribution in [3.63, 3.8) is 0 Å². The maximum absolute atomic E-state index is 5.47. The molecular weight excluding hydrogens is 202 g/mol. The van der Waals surface area contributed by atoms with E-state index in [1.54, 1.807) is 14.2 Å². The first kappa shape index (κ1) is 12.7. The summed E-state index contributed by atoms with van der Waals surface area (Å²) in [5.74, 6) is 1.74. The van der Waals surface area contributed by atoms with Gasteiger partial charge in [-0.3, -0.25) is 0 Å². The van der Waals surface area contributed by atoms with Crippen molar-refractivity contribution in [3.8, 4) is 11.5 Å². The van der Waals surface area contributed by atoms with E-state index in [4.69, 9.17) is 9.47 Å². The maximum atomic E-state index is 5.47. The van der Waals surface area contributed by atoms with Crippen molar-refractivity contribution in [1.82, 2.24) is 0 Å². The summed E-state index contributed by atoms with van der Waals surface area (Å²) in [6.45, 7) is 6.31. The minimum Gasteiger partial charge on any atom is -0.496 e. The summed E-state index contributed by atoms with van der Waals surface area (Å²) in [5.41, 5.74) is 2.13. The molecule has 0 fully saturated rings. The van der Waals surface area contributed by atoms with Gasteiger partial charge in [-0.25, -0.2) is 0 Å². The summed E-state index contributed by atoms with van der Waals surface area (Å²) in [6.07, 6.45) is 0. The second kappa shape index (κ2) is 5.10. The van der Waals surface area contributed by atoms with Gasteiger partial charge in [0, 0.05) is 18.7 Å². The lowest BCUT2D eigenvalue weighted by atomic mass is 10.1. The summed E-state index contributed by atoms with van der Waals surface area (Å²) >= 11 is 0. The van der Waals surface area contributed by atoms with Gasteiger partial charge < -0.3 is 14.4 Å². The molecule has 0 unspecified atom stereocenters. The second-order valence-corrected chi connectivity index (χ2v) is 4.15. The fraction of sp³-hybridized carbons (Fsp3) is 0.538. The average molecular weight is 223 g/mol. The first-order valence-corrected chi connectivity index (χ1v) is 5.47. The lowest BCUT2D eigenvalue weighted by molar-refractivity contribution is 0.388. The van der Waals surface area contributed by atoms with Crippen LogP contribution in [0.2, 0.25) is 0 Å². The smallest absolute Gasteiger partial charge is 0.148 e. The molecule has 0 N–H and O–H groups in total. The van der Waals surface area contributed by atoms with Crippen LogP contribution in [0.5, 0.6) is 11.5 Å². The molecule has 3 heteroatoms. The standard InChI is InChI=1S/C13H21NO2/c1-9(2)14(4)11-7-8-12(15-5)10(3)13(11)16-6/h7-9H,1-6H3. The SMILES string of the molecule is COc1ccc(N(C)C(C)C)c(OC)c1C. The molecule has 1 aromatic carbocycles. The van der Waals surface area contributed by atoms with Crippen LogP contribution >= 0.6 is 0 Å². The van der Waals surface area contributed by atoms with E-state index in [0.717, 1.165) is 22.7 Å². The molecule has 3 nitrogen and oxygen atoms in total. The summed E-state index contributed by atoms with van der Waals surface area (Å²) < 4.78 is 10.8. The summed E-state index contributed by atoms with van der Waals surface area (Å²) in [5, 5.41) is 0. The van der Waals surface area contributed by atoms with Crippen LogP contribution in [0, 0.1) is 6.92 Å². The van der Waals surface area contributed by atoms with Crippen molar-refractivity contribution in [2.75, 3.05) is 26.2 Å². The molecule has 1 aromatic rings. The fourth-order valence-corrected chi connectivity index (χ4v) is 1.69. The Morgan fingerprint density at radius 2 is 1.75 bits per heavy atom. The molecule has 16 heavy (non-hydrogen) atoms. The molecule has 0 bridgehead atoms. The van der Waals surface area contributed by atoms with Crippen LogP contribution in [0.3, 0.4) is 0 Å². The Bertz CT molecular complexity index is 361. The average Bonchev–Trinajstić information content (AvgIpc) is 2.27. The van der Waals surface area contributed by atoms with Gasteiger partial charge in [-0.05, 0) is 32.9 Å². The van der Waals surface area contributed by atoms with Crippen molar-refractivity contribution < 1.29 is 9.47 Å². The topological polar surface area (TPSA) is 21.7 Å². The van der Waals surface area contributed by atoms with Gasteiger partial charge in [0.1, 0.15) is 11.5 Å². The number of methoxy groups -OCH3 is 2.